The number of primary amides is 1. The number of hydrogen-bond acceptors (Lipinski definition) is 4. The molecule has 1 saturated heterocycles. The minimum absolute atomic E-state index is 0.00823. The van der Waals surface area contributed by atoms with E-state index in [9.17, 15) is 9.59 Å². The average molecular weight is 378 g/mol. The van der Waals surface area contributed by atoms with Crippen LogP contribution in [0.25, 0.3) is 11.4 Å². The van der Waals surface area contributed by atoms with E-state index < -0.39 is 5.91 Å². The van der Waals surface area contributed by atoms with Gasteiger partial charge in [-0.3, -0.25) is 9.59 Å². The molecule has 4 rings (SSSR count). The second kappa shape index (κ2) is 7.67. The van der Waals surface area contributed by atoms with Crippen LogP contribution < -0.4 is 5.73 Å². The van der Waals surface area contributed by atoms with Crippen molar-refractivity contribution in [3.8, 4) is 11.4 Å². The number of carbonyl (C=O) groups is 2. The van der Waals surface area contributed by atoms with Crippen molar-refractivity contribution in [2.75, 3.05) is 13.1 Å². The first-order chi connectivity index (χ1) is 13.6. The molecule has 1 fully saturated rings. The fourth-order valence-electron chi connectivity index (χ4n) is 3.76. The van der Waals surface area contributed by atoms with Gasteiger partial charge in [-0.2, -0.15) is 0 Å². The van der Waals surface area contributed by atoms with Gasteiger partial charge >= 0.3 is 0 Å². The highest BCUT2D eigenvalue weighted by Gasteiger charge is 2.28. The molecule has 3 N–H and O–H groups in total. The Kier molecular flexibility index (Phi) is 4.92. The number of nitrogens with zero attached hydrogens (tertiary/aromatic N) is 4. The lowest BCUT2D eigenvalue weighted by molar-refractivity contribution is -0.118. The van der Waals surface area contributed by atoms with Crippen LogP contribution in [0.15, 0.2) is 49.1 Å². The van der Waals surface area contributed by atoms with Crippen molar-refractivity contribution in [3.05, 3.63) is 60.4 Å². The Labute approximate surface area is 162 Å². The number of nitrogens with one attached hydrogen (secondary N) is 1. The third-order valence-electron chi connectivity index (χ3n) is 5.03. The Morgan fingerprint density at radius 1 is 1.25 bits per heavy atom. The topological polar surface area (TPSA) is 110 Å². The zero-order chi connectivity index (χ0) is 19.5. The van der Waals surface area contributed by atoms with Gasteiger partial charge in [0.2, 0.25) is 5.91 Å². The van der Waals surface area contributed by atoms with Gasteiger partial charge in [-0.1, -0.05) is 12.1 Å². The number of rotatable bonds is 5. The predicted octanol–water partition coefficient (Wildman–Crippen LogP) is 1.78. The molecule has 0 bridgehead atoms. The van der Waals surface area contributed by atoms with E-state index in [0.717, 1.165) is 30.1 Å². The number of nitrogens with two attached hydrogens (primary N) is 1. The third-order valence-corrected chi connectivity index (χ3v) is 5.03. The van der Waals surface area contributed by atoms with Crippen LogP contribution in [0.1, 0.15) is 34.9 Å². The highest BCUT2D eigenvalue weighted by Crippen LogP contribution is 2.27. The van der Waals surface area contributed by atoms with Crippen molar-refractivity contribution in [1.29, 1.82) is 0 Å². The van der Waals surface area contributed by atoms with E-state index >= 15 is 0 Å². The number of benzene rings is 1. The molecule has 0 aliphatic carbocycles. The van der Waals surface area contributed by atoms with E-state index in [-0.39, 0.29) is 18.4 Å². The lowest BCUT2D eigenvalue weighted by Gasteiger charge is -2.32. The quantitative estimate of drug-likeness (QED) is 0.705. The summed E-state index contributed by atoms with van der Waals surface area (Å²) >= 11 is 0. The molecule has 2 aromatic heterocycles. The number of imidazole rings is 2. The lowest BCUT2D eigenvalue weighted by Crippen LogP contribution is -2.40. The smallest absolute Gasteiger partial charge is 0.253 e. The summed E-state index contributed by atoms with van der Waals surface area (Å²) in [5.41, 5.74) is 6.84. The number of piperidine rings is 1. The second-order valence-electron chi connectivity index (χ2n) is 6.99. The van der Waals surface area contributed by atoms with E-state index in [0.29, 0.717) is 18.7 Å². The van der Waals surface area contributed by atoms with Gasteiger partial charge < -0.3 is 20.2 Å². The summed E-state index contributed by atoms with van der Waals surface area (Å²) in [7, 11) is 0. The first kappa shape index (κ1) is 18.0. The van der Waals surface area contributed by atoms with Crippen molar-refractivity contribution in [1.82, 2.24) is 24.4 Å². The van der Waals surface area contributed by atoms with Gasteiger partial charge in [-0.25, -0.2) is 9.97 Å². The first-order valence-electron chi connectivity index (χ1n) is 9.30. The molecule has 8 heteroatoms. The van der Waals surface area contributed by atoms with Crippen LogP contribution in [0.2, 0.25) is 0 Å². The molecule has 3 aromatic rings. The molecular formula is C20H22N6O2. The maximum Gasteiger partial charge on any atom is 0.253 e. The highest BCUT2D eigenvalue weighted by atomic mass is 16.2. The zero-order valence-corrected chi connectivity index (χ0v) is 15.4. The molecule has 1 aromatic carbocycles. The van der Waals surface area contributed by atoms with Gasteiger partial charge in [-0.15, -0.1) is 0 Å². The molecule has 0 saturated carbocycles. The van der Waals surface area contributed by atoms with Crippen LogP contribution in [0.5, 0.6) is 0 Å². The van der Waals surface area contributed by atoms with Gasteiger partial charge in [0.25, 0.3) is 5.91 Å². The van der Waals surface area contributed by atoms with E-state index in [1.165, 1.54) is 0 Å². The van der Waals surface area contributed by atoms with Crippen LogP contribution in [0.3, 0.4) is 0 Å². The zero-order valence-electron chi connectivity index (χ0n) is 15.4. The van der Waals surface area contributed by atoms with Crippen LogP contribution in [0, 0.1) is 0 Å². The van der Waals surface area contributed by atoms with Gasteiger partial charge in [0, 0.05) is 54.9 Å². The Bertz CT molecular complexity index is 978. The Balaban J connectivity index is 1.52. The minimum Gasteiger partial charge on any atom is -0.368 e. The summed E-state index contributed by atoms with van der Waals surface area (Å²) in [5, 5.41) is 0. The van der Waals surface area contributed by atoms with E-state index in [4.69, 9.17) is 5.73 Å². The highest BCUT2D eigenvalue weighted by molar-refractivity contribution is 5.95. The Morgan fingerprint density at radius 2 is 2.14 bits per heavy atom. The molecule has 28 heavy (non-hydrogen) atoms. The van der Waals surface area contributed by atoms with Gasteiger partial charge in [0.15, 0.2) is 0 Å². The van der Waals surface area contributed by atoms with Crippen molar-refractivity contribution in [2.24, 2.45) is 5.73 Å². The first-order valence-corrected chi connectivity index (χ1v) is 9.30. The van der Waals surface area contributed by atoms with Crippen molar-refractivity contribution in [3.63, 3.8) is 0 Å². The summed E-state index contributed by atoms with van der Waals surface area (Å²) < 4.78 is 1.78. The predicted molar refractivity (Wildman–Crippen MR) is 103 cm³/mol. The largest absolute Gasteiger partial charge is 0.368 e. The number of carbonyl (C=O) groups excluding carboxylic acids is 2. The molecule has 0 radical (unpaired) electrons. The van der Waals surface area contributed by atoms with Crippen molar-refractivity contribution >= 4 is 11.8 Å². The summed E-state index contributed by atoms with van der Waals surface area (Å²) in [4.78, 5) is 38.0. The van der Waals surface area contributed by atoms with Crippen LogP contribution >= 0.6 is 0 Å². The van der Waals surface area contributed by atoms with E-state index in [1.54, 1.807) is 29.4 Å². The maximum atomic E-state index is 13.1. The number of hydrogen-bond donors (Lipinski definition) is 2. The standard InChI is InChI=1S/C20H22N6O2/c21-17(27)13-25-10-8-24-19(25)16-5-2-9-26(12-16)20(28)15-4-1-3-14(11-15)18-22-6-7-23-18/h1,3-4,6-8,10-11,16H,2,5,9,12-13H2,(H2,21,27)(H,22,23)/t16-/m0/s1. The van der Waals surface area contributed by atoms with E-state index in [1.807, 2.05) is 29.2 Å². The van der Waals surface area contributed by atoms with Gasteiger partial charge in [0.1, 0.15) is 18.2 Å². The fraction of sp³-hybridized carbons (Fsp3) is 0.300. The van der Waals surface area contributed by atoms with Crippen LogP contribution in [-0.4, -0.2) is 49.3 Å². The number of aromatic amines is 1. The Morgan fingerprint density at radius 3 is 2.93 bits per heavy atom. The van der Waals surface area contributed by atoms with Gasteiger partial charge in [0.05, 0.1) is 0 Å². The molecule has 2 amide bonds. The monoisotopic (exact) mass is 378 g/mol. The maximum absolute atomic E-state index is 13.1. The summed E-state index contributed by atoms with van der Waals surface area (Å²) in [6.07, 6.45) is 8.68. The van der Waals surface area contributed by atoms with Crippen molar-refractivity contribution < 1.29 is 9.59 Å². The van der Waals surface area contributed by atoms with Crippen LogP contribution in [-0.2, 0) is 11.3 Å². The molecule has 8 nitrogen and oxygen atoms in total. The number of H-pyrrole nitrogens is 1. The summed E-state index contributed by atoms with van der Waals surface area (Å²) in [5.74, 6) is 1.21. The summed E-state index contributed by atoms with van der Waals surface area (Å²) in [6.45, 7) is 1.38. The van der Waals surface area contributed by atoms with Gasteiger partial charge in [-0.05, 0) is 25.0 Å². The molecule has 1 aliphatic heterocycles. The lowest BCUT2D eigenvalue weighted by atomic mass is 9.96. The average Bonchev–Trinajstić information content (AvgIpc) is 3.39. The number of likely N-dealkylation sites (tertiary alicyclic amines) is 1. The second-order valence-corrected chi connectivity index (χ2v) is 6.99. The molecule has 1 atom stereocenters. The SMILES string of the molecule is NC(=O)Cn1ccnc1[C@H]1CCCN(C(=O)c2cccc(-c3ncc[nH]3)c2)C1. The molecule has 3 heterocycles. The molecule has 0 unspecified atom stereocenters. The van der Waals surface area contributed by atoms with E-state index in [2.05, 4.69) is 15.0 Å². The molecule has 144 valence electrons. The minimum atomic E-state index is -0.405. The third kappa shape index (κ3) is 3.66. The molecule has 1 aliphatic rings. The number of aromatic nitrogens is 4. The summed E-state index contributed by atoms with van der Waals surface area (Å²) in [6, 6.07) is 7.48. The number of amides is 2. The normalized spacial score (nSPS) is 16.9. The van der Waals surface area contributed by atoms with Crippen LogP contribution in [0.4, 0.5) is 0 Å². The molecule has 0 spiro atoms. The Hall–Kier alpha value is -3.42. The fourth-order valence-corrected chi connectivity index (χ4v) is 3.76. The molecular weight excluding hydrogens is 356 g/mol. The van der Waals surface area contributed by atoms with Crippen molar-refractivity contribution in [2.45, 2.75) is 25.3 Å².